The number of ether oxygens (including phenoxy) is 6. The number of anilines is 1. The summed E-state index contributed by atoms with van der Waals surface area (Å²) in [6.45, 7) is 22.3. The fourth-order valence-electron chi connectivity index (χ4n) is 10.4. The number of aliphatic hydroxyl groups is 5. The van der Waals surface area contributed by atoms with Gasteiger partial charge in [-0.15, -0.1) is 0 Å². The van der Waals surface area contributed by atoms with Crippen LogP contribution in [-0.4, -0.2) is 178 Å². The van der Waals surface area contributed by atoms with Crippen LogP contribution in [0.1, 0.15) is 114 Å². The molecule has 4 rings (SSSR count). The fraction of sp³-hybridized carbons (Fsp3) is 0.854. The Kier molecular flexibility index (Phi) is 19.4. The van der Waals surface area contributed by atoms with Gasteiger partial charge in [-0.05, 0) is 112 Å². The zero-order chi connectivity index (χ0) is 49.7. The van der Waals surface area contributed by atoms with E-state index < -0.39 is 108 Å². The summed E-state index contributed by atoms with van der Waals surface area (Å²) in [4.78, 5) is 35.6. The highest BCUT2D eigenvalue weighted by molar-refractivity contribution is 5.92. The maximum atomic E-state index is 14.5. The second kappa shape index (κ2) is 22.9. The summed E-state index contributed by atoms with van der Waals surface area (Å²) in [5, 5.41) is 66.9. The van der Waals surface area contributed by atoms with Crippen LogP contribution in [0.4, 0.5) is 10.5 Å². The van der Waals surface area contributed by atoms with E-state index in [4.69, 9.17) is 28.4 Å². The summed E-state index contributed by atoms with van der Waals surface area (Å²) < 4.78 is 38.7. The predicted molar refractivity (Wildman–Crippen MR) is 249 cm³/mol. The highest BCUT2D eigenvalue weighted by atomic mass is 16.7. The first kappa shape index (κ1) is 56.0. The lowest BCUT2D eigenvalue weighted by atomic mass is 9.75. The van der Waals surface area contributed by atoms with E-state index in [-0.39, 0.29) is 44.2 Å². The van der Waals surface area contributed by atoms with E-state index in [0.29, 0.717) is 18.8 Å². The number of hydrogen-bond donors (Lipinski definition) is 7. The minimum atomic E-state index is -1.86. The average molecular weight is 940 g/mol. The molecule has 3 fully saturated rings. The summed E-state index contributed by atoms with van der Waals surface area (Å²) in [6, 6.07) is -0.0532. The van der Waals surface area contributed by atoms with E-state index in [0.717, 1.165) is 12.0 Å². The predicted octanol–water partition coefficient (Wildman–Crippen LogP) is 3.26. The number of aromatic nitrogens is 1. The van der Waals surface area contributed by atoms with Gasteiger partial charge in [0, 0.05) is 58.5 Å². The van der Waals surface area contributed by atoms with E-state index in [1.165, 1.54) is 23.8 Å². The fourth-order valence-corrected chi connectivity index (χ4v) is 10.4. The van der Waals surface area contributed by atoms with Crippen LogP contribution >= 0.6 is 0 Å². The summed E-state index contributed by atoms with van der Waals surface area (Å²) >= 11 is 0. The second-order valence-corrected chi connectivity index (χ2v) is 20.3. The van der Waals surface area contributed by atoms with Gasteiger partial charge in [0.2, 0.25) is 0 Å². The molecule has 0 unspecified atom stereocenters. The number of carbonyl (C=O) groups is 2. The number of cyclic esters (lactones) is 1. The van der Waals surface area contributed by atoms with Crippen molar-refractivity contribution in [1.29, 1.82) is 0 Å². The number of carbonyl (C=O) groups excluding carboxylic acids is 2. The van der Waals surface area contributed by atoms with Gasteiger partial charge in [0.15, 0.2) is 12.6 Å². The Morgan fingerprint density at radius 2 is 1.68 bits per heavy atom. The van der Waals surface area contributed by atoms with Crippen molar-refractivity contribution in [3.8, 4) is 0 Å². The molecule has 0 spiro atoms. The molecule has 0 aromatic carbocycles. The Bertz CT molecular complexity index is 1730. The smallest absolute Gasteiger partial charge is 0.324 e. The number of likely N-dealkylation sites (N-methyl/N-ethyl adjacent to an activating group) is 1. The molecular formula is C48H85N5O13. The third-order valence-corrected chi connectivity index (χ3v) is 14.8. The minimum Gasteiger partial charge on any atom is -0.459 e. The van der Waals surface area contributed by atoms with E-state index in [9.17, 15) is 35.1 Å². The van der Waals surface area contributed by atoms with Gasteiger partial charge in [-0.1, -0.05) is 27.7 Å². The Labute approximate surface area is 393 Å². The number of nitrogens with zero attached hydrogens (tertiary/aromatic N) is 3. The average Bonchev–Trinajstić information content (AvgIpc) is 3.26. The van der Waals surface area contributed by atoms with Crippen molar-refractivity contribution in [2.45, 2.75) is 205 Å². The first-order valence-corrected chi connectivity index (χ1v) is 24.0. The normalized spacial score (nSPS) is 42.2. The first-order valence-electron chi connectivity index (χ1n) is 24.0. The van der Waals surface area contributed by atoms with Crippen molar-refractivity contribution in [2.75, 3.05) is 45.7 Å². The second-order valence-electron chi connectivity index (χ2n) is 20.3. The molecule has 18 atom stereocenters. The molecule has 380 valence electrons. The highest BCUT2D eigenvalue weighted by Gasteiger charge is 2.58. The van der Waals surface area contributed by atoms with Crippen molar-refractivity contribution in [3.05, 3.63) is 24.0 Å². The van der Waals surface area contributed by atoms with Gasteiger partial charge in [-0.25, -0.2) is 4.79 Å². The van der Waals surface area contributed by atoms with E-state index >= 15 is 0 Å². The Morgan fingerprint density at radius 1 is 1.02 bits per heavy atom. The van der Waals surface area contributed by atoms with Gasteiger partial charge in [0.1, 0.15) is 35.1 Å². The molecule has 1 aromatic heterocycles. The third kappa shape index (κ3) is 12.2. The highest BCUT2D eigenvalue weighted by Crippen LogP contribution is 2.43. The maximum absolute atomic E-state index is 14.5. The van der Waals surface area contributed by atoms with Crippen LogP contribution in [0.2, 0.25) is 0 Å². The third-order valence-electron chi connectivity index (χ3n) is 14.8. The lowest BCUT2D eigenvalue weighted by molar-refractivity contribution is -0.336. The number of aryl methyl sites for hydroxylation is 1. The van der Waals surface area contributed by atoms with Crippen molar-refractivity contribution in [1.82, 2.24) is 20.5 Å². The monoisotopic (exact) mass is 940 g/mol. The molecule has 66 heavy (non-hydrogen) atoms. The van der Waals surface area contributed by atoms with Crippen molar-refractivity contribution >= 4 is 17.7 Å². The molecule has 3 aliphatic rings. The van der Waals surface area contributed by atoms with E-state index in [2.05, 4.69) is 15.6 Å². The zero-order valence-electron chi connectivity index (χ0n) is 42.3. The molecule has 3 aliphatic heterocycles. The van der Waals surface area contributed by atoms with Gasteiger partial charge >= 0.3 is 12.0 Å². The lowest BCUT2D eigenvalue weighted by Crippen LogP contribution is -2.70. The number of esters is 1. The number of nitrogens with one attached hydrogen (secondary N) is 2. The molecule has 18 heteroatoms. The number of aliphatic hydroxyl groups excluding tert-OH is 2. The standard InChI is InChI=1S/C48H85N5O13/c1-16-19-50-26-48(60)33(9)63-37(23-46(48,11)61-15)65-39-30(6)41(45(10,58)22-27(3)24-51-32(8)40(55)47(12,59)36(17-2)64-42(56)31(39)7)66-43-38(54)35(21-29(5)62-43)53(14)44(57)52(13)34-18-20-49-25-28(34)4/h18,20,25,27,29-33,35-41,43,50-51,54-55,58-60H,16-17,19,21-24,26H2,1-15H3/t27-,29-,30+,31-,32-,33+,35+,36-,37+,38-,39+,40-,41-,43+,45-,46-,47+,48+/m1/s1. The van der Waals surface area contributed by atoms with Crippen LogP contribution in [0.15, 0.2) is 18.5 Å². The number of hydrogen-bond acceptors (Lipinski definition) is 16. The van der Waals surface area contributed by atoms with Crippen molar-refractivity contribution in [3.63, 3.8) is 0 Å². The SMILES string of the molecule is CCCNC[C@]1(O)[C@H](C)O[C@@H](O[C@H]2[C@H](C)[C@@H](O[C@@H]3O[C@H](C)C[C@H](N(C)C(=O)N(C)c4ccncc4C)[C@H]3O)[C@](C)(O)C[C@@H](C)CN[C@H](C)[C@@H](O)[C@@](C)(O)[C@@H](CC)OC(=O)[C@@H]2C)C[C@@]1(C)OC. The first-order chi connectivity index (χ1) is 30.7. The summed E-state index contributed by atoms with van der Waals surface area (Å²) in [6.07, 6.45) is -5.19. The van der Waals surface area contributed by atoms with Crippen LogP contribution in [0.5, 0.6) is 0 Å². The molecule has 0 aliphatic carbocycles. The van der Waals surface area contributed by atoms with Gasteiger partial charge in [0.05, 0.1) is 47.7 Å². The molecule has 1 aromatic rings. The zero-order valence-corrected chi connectivity index (χ0v) is 42.3. The molecule has 0 bridgehead atoms. The molecule has 18 nitrogen and oxygen atoms in total. The Balaban J connectivity index is 1.80. The summed E-state index contributed by atoms with van der Waals surface area (Å²) in [5.41, 5.74) is -4.77. The molecule has 3 saturated heterocycles. The summed E-state index contributed by atoms with van der Waals surface area (Å²) in [5.74, 6) is -2.99. The van der Waals surface area contributed by atoms with Gasteiger partial charge in [-0.2, -0.15) is 0 Å². The van der Waals surface area contributed by atoms with Gasteiger partial charge < -0.3 is 69.5 Å². The largest absolute Gasteiger partial charge is 0.459 e. The minimum absolute atomic E-state index is 0.0433. The van der Waals surface area contributed by atoms with Crippen LogP contribution in [0, 0.1) is 24.7 Å². The van der Waals surface area contributed by atoms with E-state index in [1.807, 2.05) is 27.7 Å². The summed E-state index contributed by atoms with van der Waals surface area (Å²) in [7, 11) is 4.79. The molecule has 7 N–H and O–H groups in total. The molecular weight excluding hydrogens is 855 g/mol. The van der Waals surface area contributed by atoms with Crippen molar-refractivity contribution in [2.24, 2.45) is 17.8 Å². The maximum Gasteiger partial charge on any atom is 0.324 e. The number of pyridine rings is 1. The Morgan fingerprint density at radius 3 is 2.29 bits per heavy atom. The van der Waals surface area contributed by atoms with E-state index in [1.54, 1.807) is 81.0 Å². The van der Waals surface area contributed by atoms with Crippen LogP contribution in [0.25, 0.3) is 0 Å². The van der Waals surface area contributed by atoms with Crippen molar-refractivity contribution < 1.29 is 63.5 Å². The topological polar surface area (TPSA) is 234 Å². The van der Waals surface area contributed by atoms with Crippen LogP contribution in [-0.2, 0) is 33.2 Å². The van der Waals surface area contributed by atoms with Gasteiger partial charge in [0.25, 0.3) is 0 Å². The number of methoxy groups -OCH3 is 1. The molecule has 4 heterocycles. The molecule has 0 radical (unpaired) electrons. The number of urea groups is 1. The molecule has 0 saturated carbocycles. The number of rotatable bonds is 12. The lowest BCUT2D eigenvalue weighted by Gasteiger charge is -2.53. The van der Waals surface area contributed by atoms with Crippen LogP contribution < -0.4 is 15.5 Å². The Hall–Kier alpha value is -2.59. The van der Waals surface area contributed by atoms with Gasteiger partial charge in [-0.3, -0.25) is 14.7 Å². The molecule has 2 amide bonds. The quantitative estimate of drug-likeness (QED) is 0.118. The number of amides is 2. The van der Waals surface area contributed by atoms with Crippen LogP contribution in [0.3, 0.4) is 0 Å².